The molecule has 0 spiro atoms. The van der Waals surface area contributed by atoms with Gasteiger partial charge in [0, 0.05) is 13.7 Å². The molecular weight excluding hydrogens is 296 g/mol. The molecule has 0 radical (unpaired) electrons. The number of anilines is 1. The fourth-order valence-corrected chi connectivity index (χ4v) is 2.45. The first-order valence-electron chi connectivity index (χ1n) is 6.13. The number of nitro groups is 1. The van der Waals surface area contributed by atoms with E-state index in [-0.39, 0.29) is 23.8 Å². The van der Waals surface area contributed by atoms with Gasteiger partial charge < -0.3 is 15.4 Å². The van der Waals surface area contributed by atoms with Gasteiger partial charge in [0.05, 0.1) is 28.3 Å². The summed E-state index contributed by atoms with van der Waals surface area (Å²) in [6.45, 7) is 0.751. The zero-order valence-corrected chi connectivity index (χ0v) is 12.1. The van der Waals surface area contributed by atoms with Gasteiger partial charge in [-0.25, -0.2) is 4.98 Å². The van der Waals surface area contributed by atoms with Gasteiger partial charge >= 0.3 is 5.69 Å². The van der Waals surface area contributed by atoms with Crippen molar-refractivity contribution in [1.29, 1.82) is 0 Å². The van der Waals surface area contributed by atoms with Gasteiger partial charge in [-0.05, 0) is 12.1 Å². The van der Waals surface area contributed by atoms with Gasteiger partial charge in [-0.2, -0.15) is 0 Å². The summed E-state index contributed by atoms with van der Waals surface area (Å²) >= 11 is 1.33. The smallest absolute Gasteiger partial charge is 0.319 e. The van der Waals surface area contributed by atoms with Crippen LogP contribution in [-0.2, 0) is 9.53 Å². The molecular formula is C12H14N4O4S. The molecule has 0 fully saturated rings. The monoisotopic (exact) mass is 310 g/mol. The lowest BCUT2D eigenvalue weighted by atomic mass is 10.2. The first-order chi connectivity index (χ1) is 10.1. The van der Waals surface area contributed by atoms with Crippen LogP contribution in [0.1, 0.15) is 0 Å². The summed E-state index contributed by atoms with van der Waals surface area (Å²) in [5.74, 6) is -0.264. The Hall–Kier alpha value is -2.26. The van der Waals surface area contributed by atoms with E-state index in [1.165, 1.54) is 18.4 Å². The Morgan fingerprint density at radius 3 is 3.05 bits per heavy atom. The Bertz CT molecular complexity index is 658. The Morgan fingerprint density at radius 1 is 1.52 bits per heavy atom. The van der Waals surface area contributed by atoms with E-state index in [0.29, 0.717) is 18.7 Å². The number of carbonyl (C=O) groups excluding carboxylic acids is 1. The summed E-state index contributed by atoms with van der Waals surface area (Å²) in [4.78, 5) is 26.3. The predicted octanol–water partition coefficient (Wildman–Crippen LogP) is 1.38. The molecule has 9 heteroatoms. The molecule has 21 heavy (non-hydrogen) atoms. The second-order valence-electron chi connectivity index (χ2n) is 4.11. The zero-order chi connectivity index (χ0) is 15.2. The van der Waals surface area contributed by atoms with Crippen molar-refractivity contribution >= 4 is 38.8 Å². The van der Waals surface area contributed by atoms with Crippen molar-refractivity contribution in [3.63, 3.8) is 0 Å². The summed E-state index contributed by atoms with van der Waals surface area (Å²) < 4.78 is 5.55. The van der Waals surface area contributed by atoms with Gasteiger partial charge in [-0.3, -0.25) is 14.9 Å². The molecule has 0 atom stereocenters. The lowest BCUT2D eigenvalue weighted by Crippen LogP contribution is -2.32. The Kier molecular flexibility index (Phi) is 5.01. The number of hydrogen-bond acceptors (Lipinski definition) is 7. The molecule has 1 aromatic heterocycles. The number of amides is 1. The van der Waals surface area contributed by atoms with Gasteiger partial charge in [0.25, 0.3) is 0 Å². The number of aromatic nitrogens is 1. The molecule has 8 nitrogen and oxygen atoms in total. The lowest BCUT2D eigenvalue weighted by molar-refractivity contribution is -0.382. The summed E-state index contributed by atoms with van der Waals surface area (Å²) in [7, 11) is 1.54. The summed E-state index contributed by atoms with van der Waals surface area (Å²) in [6.07, 6.45) is 0. The highest BCUT2D eigenvalue weighted by Crippen LogP contribution is 2.34. The second kappa shape index (κ2) is 6.95. The van der Waals surface area contributed by atoms with Gasteiger partial charge in [0.15, 0.2) is 5.52 Å². The fourth-order valence-electron chi connectivity index (χ4n) is 1.77. The molecule has 1 aromatic carbocycles. The maximum Gasteiger partial charge on any atom is 0.319 e. The highest BCUT2D eigenvalue weighted by Gasteiger charge is 2.20. The van der Waals surface area contributed by atoms with Gasteiger partial charge in [0.2, 0.25) is 5.91 Å². The third kappa shape index (κ3) is 3.64. The molecule has 112 valence electrons. The van der Waals surface area contributed by atoms with Crippen LogP contribution < -0.4 is 10.6 Å². The highest BCUT2D eigenvalue weighted by molar-refractivity contribution is 7.16. The molecule has 0 saturated carbocycles. The molecule has 1 amide bonds. The third-order valence-corrected chi connectivity index (χ3v) is 3.52. The minimum Gasteiger partial charge on any atom is -0.383 e. The van der Waals surface area contributed by atoms with Crippen molar-refractivity contribution in [1.82, 2.24) is 10.3 Å². The van der Waals surface area contributed by atoms with Gasteiger partial charge in [-0.15, -0.1) is 11.3 Å². The van der Waals surface area contributed by atoms with Crippen LogP contribution in [0.5, 0.6) is 0 Å². The first-order valence-corrected chi connectivity index (χ1v) is 7.01. The van der Waals surface area contributed by atoms with Crippen molar-refractivity contribution in [3.8, 4) is 0 Å². The summed E-state index contributed by atoms with van der Waals surface area (Å²) in [5.41, 5.74) is 2.05. The molecule has 0 aliphatic heterocycles. The van der Waals surface area contributed by atoms with Crippen molar-refractivity contribution < 1.29 is 14.5 Å². The minimum absolute atomic E-state index is 0.0554. The van der Waals surface area contributed by atoms with E-state index in [0.717, 1.165) is 4.70 Å². The lowest BCUT2D eigenvalue weighted by Gasteiger charge is -2.08. The number of nitrogens with one attached hydrogen (secondary N) is 2. The normalized spacial score (nSPS) is 10.5. The average Bonchev–Trinajstić information content (AvgIpc) is 2.92. The molecule has 0 bridgehead atoms. The van der Waals surface area contributed by atoms with Crippen LogP contribution in [0.15, 0.2) is 17.6 Å². The number of ether oxygens (including phenoxy) is 1. The van der Waals surface area contributed by atoms with Crippen LogP contribution in [0.4, 0.5) is 11.4 Å². The number of nitro benzene ring substituents is 1. The van der Waals surface area contributed by atoms with Crippen LogP contribution in [0.25, 0.3) is 10.2 Å². The van der Waals surface area contributed by atoms with Crippen LogP contribution in [0.2, 0.25) is 0 Å². The van der Waals surface area contributed by atoms with E-state index < -0.39 is 4.92 Å². The first kappa shape index (κ1) is 15.1. The molecule has 0 saturated heterocycles. The number of fused-ring (bicyclic) bond motifs is 1. The Balaban J connectivity index is 2.09. The van der Waals surface area contributed by atoms with Crippen LogP contribution in [0.3, 0.4) is 0 Å². The molecule has 2 N–H and O–H groups in total. The number of carbonyl (C=O) groups is 1. The zero-order valence-electron chi connectivity index (χ0n) is 11.3. The fraction of sp³-hybridized carbons (Fsp3) is 0.333. The summed E-state index contributed by atoms with van der Waals surface area (Å²) in [5, 5.41) is 16.6. The van der Waals surface area contributed by atoms with E-state index in [4.69, 9.17) is 4.74 Å². The number of rotatable bonds is 7. The number of methoxy groups -OCH3 is 1. The van der Waals surface area contributed by atoms with E-state index in [1.807, 2.05) is 0 Å². The largest absolute Gasteiger partial charge is 0.383 e. The number of benzene rings is 1. The Labute approximate surface area is 124 Å². The van der Waals surface area contributed by atoms with Crippen molar-refractivity contribution in [3.05, 3.63) is 27.8 Å². The average molecular weight is 310 g/mol. The van der Waals surface area contributed by atoms with E-state index in [2.05, 4.69) is 15.6 Å². The molecule has 2 rings (SSSR count). The van der Waals surface area contributed by atoms with Crippen molar-refractivity contribution in [2.75, 3.05) is 32.1 Å². The number of thiazole rings is 1. The van der Waals surface area contributed by atoms with Gasteiger partial charge in [-0.1, -0.05) is 0 Å². The third-order valence-electron chi connectivity index (χ3n) is 2.73. The molecule has 0 unspecified atom stereocenters. The van der Waals surface area contributed by atoms with Crippen molar-refractivity contribution in [2.45, 2.75) is 0 Å². The maximum atomic E-state index is 11.6. The minimum atomic E-state index is -0.493. The van der Waals surface area contributed by atoms with Crippen molar-refractivity contribution in [2.24, 2.45) is 0 Å². The molecule has 0 aliphatic carbocycles. The summed E-state index contributed by atoms with van der Waals surface area (Å²) in [6, 6.07) is 3.33. The Morgan fingerprint density at radius 2 is 2.33 bits per heavy atom. The van der Waals surface area contributed by atoms with E-state index in [9.17, 15) is 14.9 Å². The van der Waals surface area contributed by atoms with E-state index in [1.54, 1.807) is 17.6 Å². The quantitative estimate of drug-likeness (QED) is 0.454. The number of hydrogen-bond donors (Lipinski definition) is 2. The second-order valence-corrected chi connectivity index (χ2v) is 5.00. The SMILES string of the molecule is COCCNC(=O)CNc1ccc2scnc2c1[N+](=O)[O-]. The highest BCUT2D eigenvalue weighted by atomic mass is 32.1. The van der Waals surface area contributed by atoms with Crippen LogP contribution in [0, 0.1) is 10.1 Å². The molecule has 1 heterocycles. The topological polar surface area (TPSA) is 106 Å². The number of nitrogens with zero attached hydrogens (tertiary/aromatic N) is 2. The van der Waals surface area contributed by atoms with E-state index >= 15 is 0 Å². The molecule has 0 aliphatic rings. The van der Waals surface area contributed by atoms with Crippen LogP contribution in [-0.4, -0.2) is 42.6 Å². The predicted molar refractivity (Wildman–Crippen MR) is 79.6 cm³/mol. The molecule has 2 aromatic rings. The maximum absolute atomic E-state index is 11.6. The van der Waals surface area contributed by atoms with Crippen LogP contribution >= 0.6 is 11.3 Å². The van der Waals surface area contributed by atoms with Gasteiger partial charge in [0.1, 0.15) is 5.69 Å². The standard InChI is InChI=1S/C12H14N4O4S/c1-20-5-4-13-10(17)6-14-8-2-3-9-11(15-7-21-9)12(8)16(18)19/h2-3,7,14H,4-6H2,1H3,(H,13,17).